The van der Waals surface area contributed by atoms with Gasteiger partial charge in [-0.1, -0.05) is 18.6 Å². The van der Waals surface area contributed by atoms with E-state index in [1.54, 1.807) is 6.08 Å². The summed E-state index contributed by atoms with van der Waals surface area (Å²) in [6.45, 7) is 6.69. The van der Waals surface area contributed by atoms with Gasteiger partial charge in [-0.25, -0.2) is 15.0 Å². The molecule has 2 aromatic heterocycles. The molecule has 5 rings (SSSR count). The standard InChI is InChI=1S/C21H25N5O2/c1-12-3-4-15(27)13(2)17(12)19-18-14(20(22)24-11-23-18)9-16(25-19)26-7-5-21(10-26)6-8-28-21/h3-4,9,11,13,17,27H,5-8,10H2,1-2H3,(H2,22,23,24)/t13?,17?,21-/m0/s1. The molecule has 1 aliphatic carbocycles. The van der Waals surface area contributed by atoms with E-state index < -0.39 is 0 Å². The van der Waals surface area contributed by atoms with Crippen LogP contribution in [0.15, 0.2) is 35.9 Å². The fraction of sp³-hybridized carbons (Fsp3) is 0.476. The SMILES string of the molecule is CC1=CC=C(O)C(C)C1c1nc(N2CC[C@]3(CCO3)C2)cc2c(N)ncnc12. The molecule has 0 saturated carbocycles. The quantitative estimate of drug-likeness (QED) is 0.827. The molecule has 7 nitrogen and oxygen atoms in total. The first-order chi connectivity index (χ1) is 13.5. The number of aliphatic hydroxyl groups excluding tert-OH is 1. The highest BCUT2D eigenvalue weighted by atomic mass is 16.5. The molecule has 1 spiro atoms. The minimum absolute atomic E-state index is 0.00944. The van der Waals surface area contributed by atoms with Crippen LogP contribution in [0.5, 0.6) is 0 Å². The van der Waals surface area contributed by atoms with Crippen molar-refractivity contribution in [3.05, 3.63) is 41.6 Å². The second-order valence-electron chi connectivity index (χ2n) is 8.24. The van der Waals surface area contributed by atoms with Crippen LogP contribution >= 0.6 is 0 Å². The number of fused-ring (bicyclic) bond motifs is 1. The summed E-state index contributed by atoms with van der Waals surface area (Å²) in [6.07, 6.45) is 7.33. The Hall–Kier alpha value is -2.67. The van der Waals surface area contributed by atoms with Crippen molar-refractivity contribution in [2.45, 2.75) is 38.2 Å². The third-order valence-corrected chi connectivity index (χ3v) is 6.54. The second kappa shape index (κ2) is 6.17. The lowest BCUT2D eigenvalue weighted by Crippen LogP contribution is -2.46. The van der Waals surface area contributed by atoms with Crippen LogP contribution in [0.3, 0.4) is 0 Å². The van der Waals surface area contributed by atoms with Gasteiger partial charge < -0.3 is 20.5 Å². The molecule has 2 fully saturated rings. The van der Waals surface area contributed by atoms with Crippen LogP contribution in [0, 0.1) is 5.92 Å². The van der Waals surface area contributed by atoms with Gasteiger partial charge in [-0.05, 0) is 25.5 Å². The molecule has 3 N–H and O–H groups in total. The molecule has 146 valence electrons. The van der Waals surface area contributed by atoms with Crippen molar-refractivity contribution in [1.82, 2.24) is 15.0 Å². The summed E-state index contributed by atoms with van der Waals surface area (Å²) in [5, 5.41) is 11.2. The Morgan fingerprint density at radius 1 is 1.29 bits per heavy atom. The fourth-order valence-corrected chi connectivity index (χ4v) is 4.71. The number of hydrogen-bond acceptors (Lipinski definition) is 7. The van der Waals surface area contributed by atoms with Crippen molar-refractivity contribution in [3.63, 3.8) is 0 Å². The topological polar surface area (TPSA) is 97.4 Å². The molecule has 4 heterocycles. The zero-order chi connectivity index (χ0) is 19.5. The number of ether oxygens (including phenoxy) is 1. The number of hydrogen-bond donors (Lipinski definition) is 2. The van der Waals surface area contributed by atoms with Crippen molar-refractivity contribution in [3.8, 4) is 0 Å². The van der Waals surface area contributed by atoms with Crippen molar-refractivity contribution < 1.29 is 9.84 Å². The van der Waals surface area contributed by atoms with Crippen molar-refractivity contribution in [1.29, 1.82) is 0 Å². The number of rotatable bonds is 2. The molecule has 0 radical (unpaired) electrons. The third kappa shape index (κ3) is 2.57. The molecule has 28 heavy (non-hydrogen) atoms. The number of nitrogens with two attached hydrogens (primary N) is 1. The summed E-state index contributed by atoms with van der Waals surface area (Å²) in [5.74, 6) is 1.56. The average Bonchev–Trinajstić information content (AvgIpc) is 3.12. The maximum absolute atomic E-state index is 10.3. The Bertz CT molecular complexity index is 1010. The highest BCUT2D eigenvalue weighted by Gasteiger charge is 2.45. The van der Waals surface area contributed by atoms with Crippen molar-refractivity contribution >= 4 is 22.5 Å². The van der Waals surface area contributed by atoms with E-state index in [0.717, 1.165) is 60.5 Å². The molecule has 2 aliphatic heterocycles. The average molecular weight is 379 g/mol. The highest BCUT2D eigenvalue weighted by Crippen LogP contribution is 2.42. The maximum atomic E-state index is 10.3. The molecule has 3 aliphatic rings. The van der Waals surface area contributed by atoms with E-state index in [1.807, 2.05) is 19.1 Å². The number of nitrogens with zero attached hydrogens (tertiary/aromatic N) is 4. The molecule has 0 amide bonds. The van der Waals surface area contributed by atoms with Gasteiger partial charge in [0.05, 0.1) is 29.2 Å². The predicted molar refractivity (Wildman–Crippen MR) is 108 cm³/mol. The monoisotopic (exact) mass is 379 g/mol. The molecule has 2 saturated heterocycles. The van der Waals surface area contributed by atoms with E-state index in [9.17, 15) is 5.11 Å². The molecule has 0 bridgehead atoms. The van der Waals surface area contributed by atoms with Crippen LogP contribution < -0.4 is 10.6 Å². The van der Waals surface area contributed by atoms with Gasteiger partial charge in [0.1, 0.15) is 18.0 Å². The van der Waals surface area contributed by atoms with Gasteiger partial charge in [0.15, 0.2) is 0 Å². The Morgan fingerprint density at radius 2 is 2.11 bits per heavy atom. The minimum Gasteiger partial charge on any atom is -0.512 e. The third-order valence-electron chi connectivity index (χ3n) is 6.54. The summed E-state index contributed by atoms with van der Waals surface area (Å²) in [4.78, 5) is 16.0. The largest absolute Gasteiger partial charge is 0.512 e. The first kappa shape index (κ1) is 17.4. The van der Waals surface area contributed by atoms with Gasteiger partial charge in [0.2, 0.25) is 0 Å². The summed E-state index contributed by atoms with van der Waals surface area (Å²) in [7, 11) is 0. The van der Waals surface area contributed by atoms with Gasteiger partial charge in [-0.3, -0.25) is 0 Å². The lowest BCUT2D eigenvalue weighted by atomic mass is 9.79. The van der Waals surface area contributed by atoms with E-state index in [2.05, 4.69) is 21.8 Å². The van der Waals surface area contributed by atoms with Crippen LogP contribution in [-0.2, 0) is 4.74 Å². The number of nitrogen functional groups attached to an aromatic ring is 1. The second-order valence-corrected chi connectivity index (χ2v) is 8.24. The number of anilines is 2. The van der Waals surface area contributed by atoms with E-state index in [-0.39, 0.29) is 17.4 Å². The van der Waals surface area contributed by atoms with Crippen LogP contribution in [-0.4, -0.2) is 45.4 Å². The summed E-state index contributed by atoms with van der Waals surface area (Å²) < 4.78 is 5.87. The van der Waals surface area contributed by atoms with Crippen LogP contribution in [0.4, 0.5) is 11.6 Å². The van der Waals surface area contributed by atoms with Gasteiger partial charge in [0.25, 0.3) is 0 Å². The van der Waals surface area contributed by atoms with Crippen LogP contribution in [0.1, 0.15) is 38.3 Å². The molecule has 2 aromatic rings. The molecule has 2 unspecified atom stereocenters. The molecule has 7 heteroatoms. The predicted octanol–water partition coefficient (Wildman–Crippen LogP) is 3.10. The Morgan fingerprint density at radius 3 is 2.82 bits per heavy atom. The zero-order valence-electron chi connectivity index (χ0n) is 16.2. The smallest absolute Gasteiger partial charge is 0.134 e. The molecular formula is C21H25N5O2. The Labute approximate surface area is 163 Å². The van der Waals surface area contributed by atoms with E-state index in [1.165, 1.54) is 6.33 Å². The molecule has 0 aromatic carbocycles. The van der Waals surface area contributed by atoms with E-state index >= 15 is 0 Å². The molecule has 3 atom stereocenters. The Balaban J connectivity index is 1.65. The van der Waals surface area contributed by atoms with Gasteiger partial charge in [-0.2, -0.15) is 0 Å². The summed E-state index contributed by atoms with van der Waals surface area (Å²) in [6, 6.07) is 1.99. The molecular weight excluding hydrogens is 354 g/mol. The lowest BCUT2D eigenvalue weighted by molar-refractivity contribution is -0.130. The first-order valence-corrected chi connectivity index (χ1v) is 9.85. The Kier molecular flexibility index (Phi) is 3.84. The number of pyridine rings is 1. The number of aliphatic hydroxyl groups is 1. The van der Waals surface area contributed by atoms with Crippen molar-refractivity contribution in [2.75, 3.05) is 30.3 Å². The highest BCUT2D eigenvalue weighted by molar-refractivity contribution is 5.92. The van der Waals surface area contributed by atoms with Gasteiger partial charge in [0, 0.05) is 36.7 Å². The fourth-order valence-electron chi connectivity index (χ4n) is 4.71. The minimum atomic E-state index is -0.0768. The van der Waals surface area contributed by atoms with Gasteiger partial charge >= 0.3 is 0 Å². The van der Waals surface area contributed by atoms with E-state index in [0.29, 0.717) is 11.6 Å². The van der Waals surface area contributed by atoms with Crippen LogP contribution in [0.2, 0.25) is 0 Å². The van der Waals surface area contributed by atoms with Crippen LogP contribution in [0.25, 0.3) is 10.9 Å². The first-order valence-electron chi connectivity index (χ1n) is 9.85. The zero-order valence-corrected chi connectivity index (χ0v) is 16.2. The maximum Gasteiger partial charge on any atom is 0.134 e. The number of allylic oxidation sites excluding steroid dienone is 4. The summed E-state index contributed by atoms with van der Waals surface area (Å²) >= 11 is 0. The van der Waals surface area contributed by atoms with E-state index in [4.69, 9.17) is 15.5 Å². The number of aromatic nitrogens is 3. The van der Waals surface area contributed by atoms with Crippen molar-refractivity contribution in [2.24, 2.45) is 5.92 Å². The normalized spacial score (nSPS) is 29.7. The van der Waals surface area contributed by atoms with Gasteiger partial charge in [-0.15, -0.1) is 0 Å². The lowest BCUT2D eigenvalue weighted by Gasteiger charge is -2.38. The summed E-state index contributed by atoms with van der Waals surface area (Å²) in [5.41, 5.74) is 8.95.